The highest BCUT2D eigenvalue weighted by Crippen LogP contribution is 2.33. The third-order valence-electron chi connectivity index (χ3n) is 6.14. The smallest absolute Gasteiger partial charge is 0.343 e. The van der Waals surface area contributed by atoms with E-state index in [9.17, 15) is 19.2 Å². The van der Waals surface area contributed by atoms with Gasteiger partial charge in [0.15, 0.2) is 5.69 Å². The summed E-state index contributed by atoms with van der Waals surface area (Å²) in [4.78, 5) is 49.7. The van der Waals surface area contributed by atoms with E-state index >= 15 is 0 Å². The van der Waals surface area contributed by atoms with E-state index in [1.807, 2.05) is 17.0 Å². The molecule has 0 saturated carbocycles. The number of hydrogen-bond acceptors (Lipinski definition) is 8. The summed E-state index contributed by atoms with van der Waals surface area (Å²) < 4.78 is 7.19. The molecule has 3 N–H and O–H groups in total. The van der Waals surface area contributed by atoms with Gasteiger partial charge in [-0.05, 0) is 35.7 Å². The lowest BCUT2D eigenvalue weighted by molar-refractivity contribution is -0.137. The Morgan fingerprint density at radius 1 is 1.11 bits per heavy atom. The number of primary amides is 1. The molecule has 0 spiro atoms. The molecule has 1 unspecified atom stereocenters. The number of amides is 3. The van der Waals surface area contributed by atoms with E-state index in [2.05, 4.69) is 15.6 Å². The molecule has 2 aliphatic heterocycles. The average molecular weight is 474 g/mol. The van der Waals surface area contributed by atoms with Gasteiger partial charge in [0.25, 0.3) is 5.91 Å². The molecule has 1 fully saturated rings. The van der Waals surface area contributed by atoms with Crippen molar-refractivity contribution in [3.8, 4) is 5.75 Å². The van der Waals surface area contributed by atoms with E-state index in [4.69, 9.17) is 10.5 Å². The summed E-state index contributed by atoms with van der Waals surface area (Å²) in [5.41, 5.74) is 8.34. The van der Waals surface area contributed by atoms with E-state index in [-0.39, 0.29) is 23.6 Å². The Hall–Kier alpha value is -4.38. The summed E-state index contributed by atoms with van der Waals surface area (Å²) >= 11 is 0. The standard InChI is InChI=1S/C24H22N6O5/c25-22(32)18-13-30(28-27-18)10-14-4-6-15(7-5-14)24(34)35-20-3-1-2-16-11-29(12-17(16)20)19-8-9-21(31)26-23(19)33/h1-7,13,19H,8-12H2,(H2,25,32)(H,26,31,33). The molecule has 2 aliphatic rings. The second-order valence-corrected chi connectivity index (χ2v) is 8.52. The molecule has 1 atom stereocenters. The molecule has 178 valence electrons. The molecule has 35 heavy (non-hydrogen) atoms. The van der Waals surface area contributed by atoms with Gasteiger partial charge in [-0.1, -0.05) is 29.5 Å². The van der Waals surface area contributed by atoms with Gasteiger partial charge in [-0.2, -0.15) is 0 Å². The minimum Gasteiger partial charge on any atom is -0.423 e. The molecule has 3 heterocycles. The van der Waals surface area contributed by atoms with E-state index in [1.165, 1.54) is 10.9 Å². The number of benzene rings is 2. The van der Waals surface area contributed by atoms with Gasteiger partial charge < -0.3 is 10.5 Å². The first-order chi connectivity index (χ1) is 16.9. The zero-order valence-electron chi connectivity index (χ0n) is 18.6. The summed E-state index contributed by atoms with van der Waals surface area (Å²) in [5, 5.41) is 9.95. The first kappa shape index (κ1) is 22.4. The number of piperidine rings is 1. The molecule has 3 aromatic rings. The highest BCUT2D eigenvalue weighted by molar-refractivity contribution is 6.00. The van der Waals surface area contributed by atoms with Crippen molar-refractivity contribution in [1.29, 1.82) is 0 Å². The van der Waals surface area contributed by atoms with Crippen LogP contribution in [0.4, 0.5) is 0 Å². The largest absolute Gasteiger partial charge is 0.423 e. The molecule has 11 heteroatoms. The van der Waals surface area contributed by atoms with Gasteiger partial charge in [0.05, 0.1) is 24.3 Å². The Bertz CT molecular complexity index is 1330. The molecule has 11 nitrogen and oxygen atoms in total. The van der Waals surface area contributed by atoms with Gasteiger partial charge in [-0.25, -0.2) is 9.48 Å². The summed E-state index contributed by atoms with van der Waals surface area (Å²) in [7, 11) is 0. The first-order valence-electron chi connectivity index (χ1n) is 11.1. The van der Waals surface area contributed by atoms with Crippen LogP contribution in [0.1, 0.15) is 50.4 Å². The number of imide groups is 1. The van der Waals surface area contributed by atoms with Crippen molar-refractivity contribution in [2.24, 2.45) is 5.73 Å². The zero-order chi connectivity index (χ0) is 24.5. The molecule has 1 aromatic heterocycles. The van der Waals surface area contributed by atoms with Gasteiger partial charge in [0.2, 0.25) is 11.8 Å². The quantitative estimate of drug-likeness (QED) is 0.302. The van der Waals surface area contributed by atoms with Crippen LogP contribution >= 0.6 is 0 Å². The van der Waals surface area contributed by atoms with Crippen molar-refractivity contribution in [2.75, 3.05) is 0 Å². The van der Waals surface area contributed by atoms with Crippen LogP contribution in [0.25, 0.3) is 0 Å². The summed E-state index contributed by atoms with van der Waals surface area (Å²) in [6.07, 6.45) is 2.24. The molecular formula is C24H22N6O5. The third kappa shape index (κ3) is 4.66. The van der Waals surface area contributed by atoms with E-state index in [1.54, 1.807) is 30.3 Å². The Balaban J connectivity index is 1.25. The number of nitrogens with one attached hydrogen (secondary N) is 1. The topological polar surface area (TPSA) is 150 Å². The highest BCUT2D eigenvalue weighted by Gasteiger charge is 2.35. The maximum atomic E-state index is 12.8. The second kappa shape index (κ2) is 9.11. The van der Waals surface area contributed by atoms with Crippen LogP contribution in [-0.2, 0) is 29.2 Å². The Kier molecular flexibility index (Phi) is 5.83. The van der Waals surface area contributed by atoms with Crippen LogP contribution < -0.4 is 15.8 Å². The number of nitrogens with zero attached hydrogens (tertiary/aromatic N) is 4. The molecular weight excluding hydrogens is 452 g/mol. The van der Waals surface area contributed by atoms with Crippen molar-refractivity contribution >= 4 is 23.7 Å². The van der Waals surface area contributed by atoms with Crippen molar-refractivity contribution in [2.45, 2.75) is 38.5 Å². The minimum atomic E-state index is -0.651. The van der Waals surface area contributed by atoms with Crippen LogP contribution in [0, 0.1) is 0 Å². The number of aromatic nitrogens is 3. The van der Waals surface area contributed by atoms with E-state index < -0.39 is 11.9 Å². The highest BCUT2D eigenvalue weighted by atomic mass is 16.5. The van der Waals surface area contributed by atoms with Crippen molar-refractivity contribution in [1.82, 2.24) is 25.2 Å². The van der Waals surface area contributed by atoms with Crippen molar-refractivity contribution in [3.63, 3.8) is 0 Å². The van der Waals surface area contributed by atoms with Crippen LogP contribution in [-0.4, -0.2) is 49.6 Å². The van der Waals surface area contributed by atoms with Gasteiger partial charge in [-0.15, -0.1) is 5.10 Å². The fraction of sp³-hybridized carbons (Fsp3) is 0.250. The number of hydrogen-bond donors (Lipinski definition) is 2. The normalized spacial score (nSPS) is 17.7. The van der Waals surface area contributed by atoms with Crippen LogP contribution in [0.5, 0.6) is 5.75 Å². The Labute approximate surface area is 199 Å². The van der Waals surface area contributed by atoms with Crippen LogP contribution in [0.2, 0.25) is 0 Å². The van der Waals surface area contributed by atoms with Gasteiger partial charge in [0, 0.05) is 25.1 Å². The van der Waals surface area contributed by atoms with Crippen LogP contribution in [0.3, 0.4) is 0 Å². The molecule has 0 radical (unpaired) electrons. The Morgan fingerprint density at radius 2 is 1.91 bits per heavy atom. The maximum Gasteiger partial charge on any atom is 0.343 e. The first-order valence-corrected chi connectivity index (χ1v) is 11.1. The third-order valence-corrected chi connectivity index (χ3v) is 6.14. The lowest BCUT2D eigenvalue weighted by Gasteiger charge is -2.29. The maximum absolute atomic E-state index is 12.8. The fourth-order valence-corrected chi connectivity index (χ4v) is 4.34. The predicted molar refractivity (Wildman–Crippen MR) is 121 cm³/mol. The number of carbonyl (C=O) groups excluding carboxylic acids is 4. The Morgan fingerprint density at radius 3 is 2.63 bits per heavy atom. The van der Waals surface area contributed by atoms with Crippen molar-refractivity contribution in [3.05, 3.63) is 76.6 Å². The van der Waals surface area contributed by atoms with E-state index in [0.717, 1.165) is 16.7 Å². The number of rotatable bonds is 6. The fourth-order valence-electron chi connectivity index (χ4n) is 4.34. The summed E-state index contributed by atoms with van der Waals surface area (Å²) in [5.74, 6) is -1.24. The SMILES string of the molecule is NC(=O)c1cn(Cc2ccc(C(=O)Oc3cccc4c3CN(C3CCC(=O)NC3=O)C4)cc2)nn1. The number of fused-ring (bicyclic) bond motifs is 1. The molecule has 5 rings (SSSR count). The van der Waals surface area contributed by atoms with E-state index in [0.29, 0.717) is 43.8 Å². The zero-order valence-corrected chi connectivity index (χ0v) is 18.6. The number of nitrogens with two attached hydrogens (primary N) is 1. The van der Waals surface area contributed by atoms with Gasteiger partial charge >= 0.3 is 5.97 Å². The monoisotopic (exact) mass is 474 g/mol. The lowest BCUT2D eigenvalue weighted by atomic mass is 10.0. The molecule has 1 saturated heterocycles. The number of carbonyl (C=O) groups is 4. The summed E-state index contributed by atoms with van der Waals surface area (Å²) in [6, 6.07) is 12.0. The number of ether oxygens (including phenoxy) is 1. The van der Waals surface area contributed by atoms with Gasteiger partial charge in [-0.3, -0.25) is 24.6 Å². The van der Waals surface area contributed by atoms with Gasteiger partial charge in [0.1, 0.15) is 5.75 Å². The molecule has 0 aliphatic carbocycles. The minimum absolute atomic E-state index is 0.0803. The molecule has 3 amide bonds. The average Bonchev–Trinajstić information content (AvgIpc) is 3.47. The predicted octanol–water partition coefficient (Wildman–Crippen LogP) is 0.765. The summed E-state index contributed by atoms with van der Waals surface area (Å²) in [6.45, 7) is 1.36. The number of esters is 1. The second-order valence-electron chi connectivity index (χ2n) is 8.52. The molecule has 0 bridgehead atoms. The lowest BCUT2D eigenvalue weighted by Crippen LogP contribution is -2.50. The molecule has 2 aromatic carbocycles. The van der Waals surface area contributed by atoms with Crippen molar-refractivity contribution < 1.29 is 23.9 Å². The van der Waals surface area contributed by atoms with Crippen LogP contribution in [0.15, 0.2) is 48.7 Å².